The Kier molecular flexibility index (Phi) is 3.82. The second-order valence-electron chi connectivity index (χ2n) is 5.33. The number of carbonyl (C=O) groups excluding carboxylic acids is 1. The van der Waals surface area contributed by atoms with Crippen LogP contribution in [0.5, 0.6) is 0 Å². The van der Waals surface area contributed by atoms with Crippen LogP contribution in [0.1, 0.15) is 51.4 Å². The van der Waals surface area contributed by atoms with Gasteiger partial charge in [-0.15, -0.1) is 0 Å². The van der Waals surface area contributed by atoms with Crippen LogP contribution in [0.25, 0.3) is 0 Å². The molecule has 4 nitrogen and oxygen atoms in total. The van der Waals surface area contributed by atoms with Crippen LogP contribution in [0.15, 0.2) is 0 Å². The number of nitrogens with zero attached hydrogens (tertiary/aromatic N) is 1. The van der Waals surface area contributed by atoms with Gasteiger partial charge in [0.25, 0.3) is 0 Å². The average molecular weight is 225 g/mol. The fourth-order valence-electron chi connectivity index (χ4n) is 2.80. The van der Waals surface area contributed by atoms with Crippen LogP contribution in [-0.4, -0.2) is 29.5 Å². The zero-order chi connectivity index (χ0) is 11.4. The van der Waals surface area contributed by atoms with Gasteiger partial charge in [0, 0.05) is 25.0 Å². The minimum absolute atomic E-state index is 0.103. The third-order valence-corrected chi connectivity index (χ3v) is 3.75. The van der Waals surface area contributed by atoms with Crippen molar-refractivity contribution in [2.24, 2.45) is 5.73 Å². The molecule has 1 aliphatic carbocycles. The van der Waals surface area contributed by atoms with E-state index >= 15 is 0 Å². The molecule has 1 heterocycles. The summed E-state index contributed by atoms with van der Waals surface area (Å²) in [5.41, 5.74) is 8.95. The van der Waals surface area contributed by atoms with E-state index < -0.39 is 0 Å². The molecule has 0 aromatic rings. The van der Waals surface area contributed by atoms with Crippen molar-refractivity contribution >= 4 is 5.91 Å². The van der Waals surface area contributed by atoms with Crippen LogP contribution < -0.4 is 11.2 Å². The van der Waals surface area contributed by atoms with Gasteiger partial charge in [-0.3, -0.25) is 10.2 Å². The van der Waals surface area contributed by atoms with Crippen molar-refractivity contribution in [1.82, 2.24) is 10.4 Å². The Labute approximate surface area is 97.5 Å². The number of nitrogens with one attached hydrogen (secondary N) is 1. The molecule has 1 saturated heterocycles. The summed E-state index contributed by atoms with van der Waals surface area (Å²) in [5.74, 6) is 0.103. The summed E-state index contributed by atoms with van der Waals surface area (Å²) in [6, 6.07) is 0. The van der Waals surface area contributed by atoms with Gasteiger partial charge in [-0.05, 0) is 25.7 Å². The number of hydrogen-bond donors (Lipinski definition) is 2. The first-order chi connectivity index (χ1) is 7.68. The third-order valence-electron chi connectivity index (χ3n) is 3.75. The Morgan fingerprint density at radius 1 is 1.12 bits per heavy atom. The SMILES string of the molecule is NC1(CC(=O)NN2CCCCC2)CCCC1. The van der Waals surface area contributed by atoms with Gasteiger partial charge >= 0.3 is 0 Å². The number of nitrogens with two attached hydrogens (primary N) is 1. The van der Waals surface area contributed by atoms with Crippen LogP contribution in [0.3, 0.4) is 0 Å². The lowest BCUT2D eigenvalue weighted by Gasteiger charge is -2.29. The van der Waals surface area contributed by atoms with Crippen LogP contribution >= 0.6 is 0 Å². The molecule has 1 saturated carbocycles. The number of hydrogen-bond acceptors (Lipinski definition) is 3. The maximum absolute atomic E-state index is 11.8. The number of carbonyl (C=O) groups is 1. The Bertz CT molecular complexity index is 243. The van der Waals surface area contributed by atoms with E-state index in [1.54, 1.807) is 0 Å². The van der Waals surface area contributed by atoms with E-state index in [9.17, 15) is 4.79 Å². The maximum atomic E-state index is 11.8. The lowest BCUT2D eigenvalue weighted by atomic mass is 9.94. The highest BCUT2D eigenvalue weighted by molar-refractivity contribution is 5.76. The van der Waals surface area contributed by atoms with Crippen molar-refractivity contribution in [3.63, 3.8) is 0 Å². The summed E-state index contributed by atoms with van der Waals surface area (Å²) in [4.78, 5) is 11.8. The van der Waals surface area contributed by atoms with Gasteiger partial charge in [0.1, 0.15) is 0 Å². The standard InChI is InChI=1S/C12H23N3O/c13-12(6-2-3-7-12)10-11(16)14-15-8-4-1-5-9-15/h1-10,13H2,(H,14,16). The molecule has 0 spiro atoms. The van der Waals surface area contributed by atoms with Crippen molar-refractivity contribution in [1.29, 1.82) is 0 Å². The second-order valence-corrected chi connectivity index (χ2v) is 5.33. The molecule has 2 aliphatic rings. The minimum Gasteiger partial charge on any atom is -0.325 e. The molecule has 16 heavy (non-hydrogen) atoms. The van der Waals surface area contributed by atoms with Gasteiger partial charge in [-0.2, -0.15) is 0 Å². The largest absolute Gasteiger partial charge is 0.325 e. The van der Waals surface area contributed by atoms with Crippen molar-refractivity contribution in [3.8, 4) is 0 Å². The van der Waals surface area contributed by atoms with Gasteiger partial charge < -0.3 is 5.73 Å². The third kappa shape index (κ3) is 3.19. The fourth-order valence-corrected chi connectivity index (χ4v) is 2.80. The first-order valence-electron chi connectivity index (χ1n) is 6.51. The van der Waals surface area contributed by atoms with E-state index in [-0.39, 0.29) is 11.4 Å². The monoisotopic (exact) mass is 225 g/mol. The Morgan fingerprint density at radius 3 is 2.38 bits per heavy atom. The number of rotatable bonds is 3. The predicted octanol–water partition coefficient (Wildman–Crippen LogP) is 1.17. The highest BCUT2D eigenvalue weighted by Crippen LogP contribution is 2.29. The first-order valence-corrected chi connectivity index (χ1v) is 6.51. The minimum atomic E-state index is -0.222. The Hall–Kier alpha value is -0.610. The summed E-state index contributed by atoms with van der Waals surface area (Å²) >= 11 is 0. The molecule has 2 fully saturated rings. The fraction of sp³-hybridized carbons (Fsp3) is 0.917. The van der Waals surface area contributed by atoms with Gasteiger partial charge in [0.05, 0.1) is 0 Å². The highest BCUT2D eigenvalue weighted by Gasteiger charge is 2.32. The number of piperidine rings is 1. The van der Waals surface area contributed by atoms with Gasteiger partial charge in [0.2, 0.25) is 5.91 Å². The van der Waals surface area contributed by atoms with Crippen molar-refractivity contribution in [2.75, 3.05) is 13.1 Å². The Balaban J connectivity index is 1.74. The summed E-state index contributed by atoms with van der Waals surface area (Å²) < 4.78 is 0. The van der Waals surface area contributed by atoms with Crippen molar-refractivity contribution in [3.05, 3.63) is 0 Å². The molecular formula is C12H23N3O. The van der Waals surface area contributed by atoms with E-state index in [4.69, 9.17) is 5.73 Å². The molecule has 0 aromatic heterocycles. The van der Waals surface area contributed by atoms with E-state index in [0.29, 0.717) is 6.42 Å². The topological polar surface area (TPSA) is 58.4 Å². The normalized spacial score (nSPS) is 25.6. The molecule has 0 radical (unpaired) electrons. The van der Waals surface area contributed by atoms with Gasteiger partial charge in [0.15, 0.2) is 0 Å². The van der Waals surface area contributed by atoms with Crippen LogP contribution in [0.4, 0.5) is 0 Å². The van der Waals surface area contributed by atoms with Crippen LogP contribution in [0, 0.1) is 0 Å². The first kappa shape index (κ1) is 11.9. The molecular weight excluding hydrogens is 202 g/mol. The molecule has 3 N–H and O–H groups in total. The zero-order valence-corrected chi connectivity index (χ0v) is 10.0. The quantitative estimate of drug-likeness (QED) is 0.758. The zero-order valence-electron chi connectivity index (χ0n) is 10.0. The summed E-state index contributed by atoms with van der Waals surface area (Å²) in [7, 11) is 0. The highest BCUT2D eigenvalue weighted by atomic mass is 16.2. The van der Waals surface area contributed by atoms with Crippen LogP contribution in [-0.2, 0) is 4.79 Å². The number of amides is 1. The summed E-state index contributed by atoms with van der Waals surface area (Å²) in [5, 5.41) is 2.05. The molecule has 0 bridgehead atoms. The molecule has 4 heteroatoms. The predicted molar refractivity (Wildman–Crippen MR) is 63.6 cm³/mol. The van der Waals surface area contributed by atoms with Gasteiger partial charge in [-0.25, -0.2) is 5.01 Å². The molecule has 2 rings (SSSR count). The molecule has 92 valence electrons. The van der Waals surface area contributed by atoms with E-state index in [1.165, 1.54) is 32.1 Å². The number of hydrazine groups is 1. The molecule has 0 unspecified atom stereocenters. The van der Waals surface area contributed by atoms with Crippen molar-refractivity contribution < 1.29 is 4.79 Å². The van der Waals surface area contributed by atoms with Crippen molar-refractivity contribution in [2.45, 2.75) is 56.9 Å². The van der Waals surface area contributed by atoms with E-state index in [0.717, 1.165) is 25.9 Å². The van der Waals surface area contributed by atoms with E-state index in [2.05, 4.69) is 5.43 Å². The van der Waals surface area contributed by atoms with Gasteiger partial charge in [-0.1, -0.05) is 19.3 Å². The maximum Gasteiger partial charge on any atom is 0.236 e. The molecule has 1 aliphatic heterocycles. The van der Waals surface area contributed by atoms with E-state index in [1.807, 2.05) is 5.01 Å². The summed E-state index contributed by atoms with van der Waals surface area (Å²) in [6.07, 6.45) is 8.50. The lowest BCUT2D eigenvalue weighted by Crippen LogP contribution is -2.49. The molecule has 1 amide bonds. The van der Waals surface area contributed by atoms with Crippen LogP contribution in [0.2, 0.25) is 0 Å². The molecule has 0 atom stereocenters. The Morgan fingerprint density at radius 2 is 1.75 bits per heavy atom. The second kappa shape index (κ2) is 5.15. The molecule has 0 aromatic carbocycles. The summed E-state index contributed by atoms with van der Waals surface area (Å²) in [6.45, 7) is 1.98. The smallest absolute Gasteiger partial charge is 0.236 e. The average Bonchev–Trinajstić information content (AvgIpc) is 2.66. The lowest BCUT2D eigenvalue weighted by molar-refractivity contribution is -0.127.